The molecule has 3 aromatic rings. The number of pyridine rings is 1. The molecule has 1 fully saturated rings. The topological polar surface area (TPSA) is 108 Å². The predicted octanol–water partition coefficient (Wildman–Crippen LogP) is 5.40. The van der Waals surface area contributed by atoms with Crippen LogP contribution in [0.3, 0.4) is 0 Å². The molecule has 0 amide bonds. The molecule has 3 N–H and O–H groups in total. The first-order valence-electron chi connectivity index (χ1n) is 12.6. The normalized spacial score (nSPS) is 17.4. The SMILES string of the molecule is N#Cc1cnc(NCc2ccccc2OC(F)(F)F)nc1NCCC1CCC(NCc2ccncc2)CC1. The number of hydrogen-bond acceptors (Lipinski definition) is 8. The van der Waals surface area contributed by atoms with Crippen molar-refractivity contribution < 1.29 is 17.9 Å². The maximum absolute atomic E-state index is 12.7. The number of para-hydroxylation sites is 1. The first-order chi connectivity index (χ1) is 18.4. The molecule has 0 radical (unpaired) electrons. The van der Waals surface area contributed by atoms with E-state index in [4.69, 9.17) is 0 Å². The molecular formula is C27H30F3N7O. The Labute approximate surface area is 219 Å². The highest BCUT2D eigenvalue weighted by Crippen LogP contribution is 2.28. The van der Waals surface area contributed by atoms with Crippen LogP contribution in [0.5, 0.6) is 5.75 Å². The van der Waals surface area contributed by atoms with Crippen LogP contribution in [-0.4, -0.2) is 33.9 Å². The molecule has 0 atom stereocenters. The average Bonchev–Trinajstić information content (AvgIpc) is 2.92. The number of alkyl halides is 3. The molecule has 0 saturated heterocycles. The predicted molar refractivity (Wildman–Crippen MR) is 137 cm³/mol. The quantitative estimate of drug-likeness (QED) is 0.305. The minimum absolute atomic E-state index is 0.0238. The summed E-state index contributed by atoms with van der Waals surface area (Å²) in [6.07, 6.45) is 5.71. The van der Waals surface area contributed by atoms with Crippen molar-refractivity contribution in [2.24, 2.45) is 5.92 Å². The van der Waals surface area contributed by atoms with Gasteiger partial charge in [-0.05, 0) is 61.8 Å². The Morgan fingerprint density at radius 3 is 2.50 bits per heavy atom. The van der Waals surface area contributed by atoms with Crippen molar-refractivity contribution in [2.75, 3.05) is 17.2 Å². The molecule has 200 valence electrons. The van der Waals surface area contributed by atoms with Gasteiger partial charge in [0.15, 0.2) is 0 Å². The average molecular weight is 526 g/mol. The van der Waals surface area contributed by atoms with Crippen LogP contribution in [0.15, 0.2) is 55.0 Å². The molecule has 2 aromatic heterocycles. The van der Waals surface area contributed by atoms with Crippen molar-refractivity contribution in [1.82, 2.24) is 20.3 Å². The number of nitriles is 1. The Hall–Kier alpha value is -3.91. The highest BCUT2D eigenvalue weighted by Gasteiger charge is 2.32. The van der Waals surface area contributed by atoms with E-state index in [0.717, 1.165) is 38.6 Å². The van der Waals surface area contributed by atoms with Gasteiger partial charge < -0.3 is 20.7 Å². The molecule has 4 rings (SSSR count). The zero-order valence-corrected chi connectivity index (χ0v) is 20.8. The van der Waals surface area contributed by atoms with E-state index in [-0.39, 0.29) is 18.2 Å². The van der Waals surface area contributed by atoms with E-state index >= 15 is 0 Å². The second kappa shape index (κ2) is 13.1. The number of ether oxygens (including phenoxy) is 1. The van der Waals surface area contributed by atoms with Gasteiger partial charge in [-0.15, -0.1) is 13.2 Å². The number of rotatable bonds is 11. The van der Waals surface area contributed by atoms with Crippen molar-refractivity contribution in [1.29, 1.82) is 5.26 Å². The van der Waals surface area contributed by atoms with Crippen molar-refractivity contribution >= 4 is 11.8 Å². The summed E-state index contributed by atoms with van der Waals surface area (Å²) in [5.74, 6) is 0.907. The van der Waals surface area contributed by atoms with E-state index in [1.807, 2.05) is 24.5 Å². The van der Waals surface area contributed by atoms with E-state index in [1.54, 1.807) is 6.07 Å². The maximum atomic E-state index is 12.7. The van der Waals surface area contributed by atoms with E-state index in [0.29, 0.717) is 35.4 Å². The van der Waals surface area contributed by atoms with Crippen LogP contribution in [0.2, 0.25) is 0 Å². The first-order valence-corrected chi connectivity index (χ1v) is 12.6. The van der Waals surface area contributed by atoms with Gasteiger partial charge in [-0.25, -0.2) is 4.98 Å². The molecule has 38 heavy (non-hydrogen) atoms. The Morgan fingerprint density at radius 2 is 1.76 bits per heavy atom. The summed E-state index contributed by atoms with van der Waals surface area (Å²) < 4.78 is 42.1. The lowest BCUT2D eigenvalue weighted by molar-refractivity contribution is -0.274. The zero-order chi connectivity index (χ0) is 26.8. The first kappa shape index (κ1) is 27.1. The summed E-state index contributed by atoms with van der Waals surface area (Å²) in [4.78, 5) is 12.5. The van der Waals surface area contributed by atoms with Crippen LogP contribution in [0.25, 0.3) is 0 Å². The minimum atomic E-state index is -4.78. The van der Waals surface area contributed by atoms with E-state index in [9.17, 15) is 18.4 Å². The summed E-state index contributed by atoms with van der Waals surface area (Å²) in [5.41, 5.74) is 1.84. The van der Waals surface area contributed by atoms with Crippen LogP contribution >= 0.6 is 0 Å². The second-order valence-corrected chi connectivity index (χ2v) is 9.25. The molecule has 0 aliphatic heterocycles. The van der Waals surface area contributed by atoms with Crippen LogP contribution in [0.4, 0.5) is 24.9 Å². The van der Waals surface area contributed by atoms with Gasteiger partial charge in [-0.2, -0.15) is 10.2 Å². The second-order valence-electron chi connectivity index (χ2n) is 9.25. The van der Waals surface area contributed by atoms with Crippen LogP contribution in [-0.2, 0) is 13.1 Å². The fourth-order valence-corrected chi connectivity index (χ4v) is 4.54. The molecule has 11 heteroatoms. The fourth-order valence-electron chi connectivity index (χ4n) is 4.54. The monoisotopic (exact) mass is 525 g/mol. The van der Waals surface area contributed by atoms with E-state index in [2.05, 4.69) is 41.7 Å². The number of halogens is 3. The number of hydrogen-bond donors (Lipinski definition) is 3. The lowest BCUT2D eigenvalue weighted by atomic mass is 9.84. The van der Waals surface area contributed by atoms with Crippen LogP contribution < -0.4 is 20.7 Å². The summed E-state index contributed by atoms with van der Waals surface area (Å²) in [5, 5.41) is 19.2. The summed E-state index contributed by atoms with van der Waals surface area (Å²) >= 11 is 0. The van der Waals surface area contributed by atoms with Crippen LogP contribution in [0.1, 0.15) is 48.8 Å². The Kier molecular flexibility index (Phi) is 9.32. The molecule has 0 unspecified atom stereocenters. The molecule has 8 nitrogen and oxygen atoms in total. The van der Waals surface area contributed by atoms with Crippen molar-refractivity contribution in [3.63, 3.8) is 0 Å². The third kappa shape index (κ3) is 8.31. The van der Waals surface area contributed by atoms with E-state index < -0.39 is 6.36 Å². The summed E-state index contributed by atoms with van der Waals surface area (Å²) in [6, 6.07) is 12.5. The van der Waals surface area contributed by atoms with Crippen molar-refractivity contribution in [3.05, 3.63) is 71.7 Å². The highest BCUT2D eigenvalue weighted by molar-refractivity contribution is 5.53. The Bertz CT molecular complexity index is 1210. The highest BCUT2D eigenvalue weighted by atomic mass is 19.4. The summed E-state index contributed by atoms with van der Waals surface area (Å²) in [7, 11) is 0. The standard InChI is InChI=1S/C27H30F3N7O/c28-27(29,30)38-24-4-2-1-3-21(24)17-35-26-36-18-22(15-31)25(37-26)33-14-11-19-5-7-23(8-6-19)34-16-20-9-12-32-13-10-20/h1-4,9-10,12-13,18-19,23,34H,5-8,11,14,16-17H2,(H2,33,35,36,37). The number of aromatic nitrogens is 3. The Morgan fingerprint density at radius 1 is 1.00 bits per heavy atom. The molecule has 2 heterocycles. The molecule has 1 aromatic carbocycles. The van der Waals surface area contributed by atoms with Crippen molar-refractivity contribution in [2.45, 2.75) is 57.6 Å². The van der Waals surface area contributed by atoms with Crippen molar-refractivity contribution in [3.8, 4) is 11.8 Å². The fraction of sp³-hybridized carbons (Fsp3) is 0.407. The lowest BCUT2D eigenvalue weighted by Gasteiger charge is -2.29. The molecular weight excluding hydrogens is 495 g/mol. The number of nitrogens with one attached hydrogen (secondary N) is 3. The third-order valence-electron chi connectivity index (χ3n) is 6.58. The van der Waals surface area contributed by atoms with Gasteiger partial charge in [-0.3, -0.25) is 4.98 Å². The van der Waals surface area contributed by atoms with Gasteiger partial charge in [0.05, 0.1) is 6.20 Å². The summed E-state index contributed by atoms with van der Waals surface area (Å²) in [6.45, 7) is 1.53. The van der Waals surface area contributed by atoms with Gasteiger partial charge >= 0.3 is 6.36 Å². The third-order valence-corrected chi connectivity index (χ3v) is 6.58. The molecule has 1 aliphatic rings. The Balaban J connectivity index is 1.24. The minimum Gasteiger partial charge on any atom is -0.405 e. The number of anilines is 2. The smallest absolute Gasteiger partial charge is 0.405 e. The zero-order valence-electron chi connectivity index (χ0n) is 20.8. The van der Waals surface area contributed by atoms with Crippen LogP contribution in [0, 0.1) is 17.2 Å². The molecule has 0 spiro atoms. The number of nitrogens with zero attached hydrogens (tertiary/aromatic N) is 4. The van der Waals surface area contributed by atoms with Gasteiger partial charge in [0, 0.05) is 43.6 Å². The van der Waals surface area contributed by atoms with Gasteiger partial charge in [0.1, 0.15) is 23.2 Å². The molecule has 0 bridgehead atoms. The number of benzene rings is 1. The molecule has 1 saturated carbocycles. The maximum Gasteiger partial charge on any atom is 0.573 e. The lowest BCUT2D eigenvalue weighted by Crippen LogP contribution is -2.33. The van der Waals surface area contributed by atoms with Gasteiger partial charge in [0.2, 0.25) is 5.95 Å². The van der Waals surface area contributed by atoms with Gasteiger partial charge in [-0.1, -0.05) is 18.2 Å². The molecule has 1 aliphatic carbocycles. The van der Waals surface area contributed by atoms with E-state index in [1.165, 1.54) is 30.0 Å². The largest absolute Gasteiger partial charge is 0.573 e. The van der Waals surface area contributed by atoms with Gasteiger partial charge in [0.25, 0.3) is 0 Å².